The van der Waals surface area contributed by atoms with Crippen molar-refractivity contribution in [1.29, 1.82) is 0 Å². The molecule has 5 nitrogen and oxygen atoms in total. The highest BCUT2D eigenvalue weighted by atomic mass is 16.1. The van der Waals surface area contributed by atoms with Crippen molar-refractivity contribution in [3.05, 3.63) is 17.8 Å². The molecule has 5 heteroatoms. The maximum atomic E-state index is 11.1. The van der Waals surface area contributed by atoms with Crippen LogP contribution in [0.1, 0.15) is 31.2 Å². The SMILES string of the molecule is Cc1cnc(NC2CCC(C(N)=O)CC2)c(N)c1. The number of pyridine rings is 1. The first kappa shape index (κ1) is 12.7. The van der Waals surface area contributed by atoms with Crippen LogP contribution in [-0.2, 0) is 4.79 Å². The van der Waals surface area contributed by atoms with Gasteiger partial charge < -0.3 is 16.8 Å². The molecule has 0 atom stereocenters. The number of anilines is 2. The van der Waals surface area contributed by atoms with Gasteiger partial charge in [0.2, 0.25) is 5.91 Å². The summed E-state index contributed by atoms with van der Waals surface area (Å²) in [4.78, 5) is 15.4. The minimum atomic E-state index is -0.179. The van der Waals surface area contributed by atoms with Crippen molar-refractivity contribution in [3.63, 3.8) is 0 Å². The number of amides is 1. The van der Waals surface area contributed by atoms with Gasteiger partial charge >= 0.3 is 0 Å². The number of nitrogens with one attached hydrogen (secondary N) is 1. The Hall–Kier alpha value is -1.78. The molecule has 18 heavy (non-hydrogen) atoms. The van der Waals surface area contributed by atoms with E-state index < -0.39 is 0 Å². The summed E-state index contributed by atoms with van der Waals surface area (Å²) in [6, 6.07) is 2.24. The van der Waals surface area contributed by atoms with E-state index in [4.69, 9.17) is 11.5 Å². The lowest BCUT2D eigenvalue weighted by Crippen LogP contribution is -2.32. The second-order valence-corrected chi connectivity index (χ2v) is 5.05. The molecule has 1 fully saturated rings. The predicted molar refractivity (Wildman–Crippen MR) is 71.9 cm³/mol. The molecule has 0 aliphatic heterocycles. The van der Waals surface area contributed by atoms with Crippen LogP contribution in [-0.4, -0.2) is 16.9 Å². The Kier molecular flexibility index (Phi) is 3.69. The molecule has 1 heterocycles. The second-order valence-electron chi connectivity index (χ2n) is 5.05. The van der Waals surface area contributed by atoms with Gasteiger partial charge in [-0.3, -0.25) is 4.79 Å². The number of rotatable bonds is 3. The van der Waals surface area contributed by atoms with Crippen molar-refractivity contribution in [2.75, 3.05) is 11.1 Å². The number of nitrogens with zero attached hydrogens (tertiary/aromatic N) is 1. The molecule has 1 amide bonds. The third-order valence-corrected chi connectivity index (χ3v) is 3.52. The van der Waals surface area contributed by atoms with Gasteiger partial charge in [-0.15, -0.1) is 0 Å². The first-order chi connectivity index (χ1) is 8.56. The molecular formula is C13H20N4O. The van der Waals surface area contributed by atoms with Crippen molar-refractivity contribution >= 4 is 17.4 Å². The molecule has 0 saturated heterocycles. The highest BCUT2D eigenvalue weighted by Crippen LogP contribution is 2.27. The van der Waals surface area contributed by atoms with E-state index in [1.54, 1.807) is 6.20 Å². The Morgan fingerprint density at radius 1 is 1.39 bits per heavy atom. The van der Waals surface area contributed by atoms with Crippen LogP contribution >= 0.6 is 0 Å². The smallest absolute Gasteiger partial charge is 0.220 e. The van der Waals surface area contributed by atoms with Crippen LogP contribution in [0.2, 0.25) is 0 Å². The Bertz CT molecular complexity index is 439. The molecule has 1 aliphatic rings. The van der Waals surface area contributed by atoms with Crippen LogP contribution in [0.5, 0.6) is 0 Å². The fourth-order valence-electron chi connectivity index (χ4n) is 2.43. The number of aryl methyl sites for hydroxylation is 1. The second kappa shape index (κ2) is 5.25. The number of nitrogens with two attached hydrogens (primary N) is 2. The van der Waals surface area contributed by atoms with Gasteiger partial charge in [0.05, 0.1) is 5.69 Å². The van der Waals surface area contributed by atoms with Crippen LogP contribution in [0.25, 0.3) is 0 Å². The first-order valence-electron chi connectivity index (χ1n) is 6.34. The van der Waals surface area contributed by atoms with Gasteiger partial charge in [-0.1, -0.05) is 0 Å². The average Bonchev–Trinajstić information content (AvgIpc) is 2.33. The largest absolute Gasteiger partial charge is 0.396 e. The van der Waals surface area contributed by atoms with Crippen LogP contribution in [0.3, 0.4) is 0 Å². The van der Waals surface area contributed by atoms with Crippen molar-refractivity contribution in [2.45, 2.75) is 38.6 Å². The Labute approximate surface area is 107 Å². The molecular weight excluding hydrogens is 228 g/mol. The lowest BCUT2D eigenvalue weighted by molar-refractivity contribution is -0.122. The Morgan fingerprint density at radius 3 is 2.61 bits per heavy atom. The molecule has 98 valence electrons. The van der Waals surface area contributed by atoms with Crippen LogP contribution < -0.4 is 16.8 Å². The van der Waals surface area contributed by atoms with Gasteiger partial charge in [0.15, 0.2) is 0 Å². The monoisotopic (exact) mass is 248 g/mol. The number of hydrogen-bond donors (Lipinski definition) is 3. The van der Waals surface area contributed by atoms with Crippen LogP contribution in [0.4, 0.5) is 11.5 Å². The van der Waals surface area contributed by atoms with E-state index in [0.717, 1.165) is 37.1 Å². The molecule has 1 aromatic heterocycles. The lowest BCUT2D eigenvalue weighted by Gasteiger charge is -2.28. The highest BCUT2D eigenvalue weighted by Gasteiger charge is 2.24. The summed E-state index contributed by atoms with van der Waals surface area (Å²) in [6.45, 7) is 1.96. The van der Waals surface area contributed by atoms with E-state index in [1.807, 2.05) is 13.0 Å². The van der Waals surface area contributed by atoms with Gasteiger partial charge in [-0.2, -0.15) is 0 Å². The van der Waals surface area contributed by atoms with E-state index in [9.17, 15) is 4.79 Å². The van der Waals surface area contributed by atoms with Gasteiger partial charge in [-0.25, -0.2) is 4.98 Å². The molecule has 2 rings (SSSR count). The number of primary amides is 1. The fourth-order valence-corrected chi connectivity index (χ4v) is 2.43. The zero-order valence-corrected chi connectivity index (χ0v) is 10.6. The maximum absolute atomic E-state index is 11.1. The summed E-state index contributed by atoms with van der Waals surface area (Å²) in [6.07, 6.45) is 5.36. The summed E-state index contributed by atoms with van der Waals surface area (Å²) in [5.41, 5.74) is 13.0. The van der Waals surface area contributed by atoms with Crippen LogP contribution in [0, 0.1) is 12.8 Å². The molecule has 5 N–H and O–H groups in total. The van der Waals surface area contributed by atoms with Crippen LogP contribution in [0.15, 0.2) is 12.3 Å². The third kappa shape index (κ3) is 2.91. The summed E-state index contributed by atoms with van der Waals surface area (Å²) in [5, 5.41) is 3.35. The first-order valence-corrected chi connectivity index (χ1v) is 6.34. The predicted octanol–water partition coefficient (Wildman–Crippen LogP) is 1.43. The number of hydrogen-bond acceptors (Lipinski definition) is 4. The third-order valence-electron chi connectivity index (χ3n) is 3.52. The Morgan fingerprint density at radius 2 is 2.06 bits per heavy atom. The minimum absolute atomic E-state index is 0.0337. The van der Waals surface area contributed by atoms with E-state index in [0.29, 0.717) is 11.7 Å². The number of nitrogen functional groups attached to an aromatic ring is 1. The van der Waals surface area contributed by atoms with Crippen molar-refractivity contribution in [1.82, 2.24) is 4.98 Å². The maximum Gasteiger partial charge on any atom is 0.220 e. The lowest BCUT2D eigenvalue weighted by atomic mass is 9.85. The summed E-state index contributed by atoms with van der Waals surface area (Å²) < 4.78 is 0. The summed E-state index contributed by atoms with van der Waals surface area (Å²) in [7, 11) is 0. The molecule has 1 aliphatic carbocycles. The number of aromatic nitrogens is 1. The van der Waals surface area contributed by atoms with Crippen molar-refractivity contribution in [3.8, 4) is 0 Å². The quantitative estimate of drug-likeness (QED) is 0.754. The number of carbonyl (C=O) groups is 1. The van der Waals surface area contributed by atoms with Gasteiger partial charge in [0, 0.05) is 18.2 Å². The fraction of sp³-hybridized carbons (Fsp3) is 0.538. The topological polar surface area (TPSA) is 94.0 Å². The standard InChI is InChI=1S/C13H20N4O/c1-8-6-11(14)13(16-7-8)17-10-4-2-9(3-5-10)12(15)18/h6-7,9-10H,2-5,14H2,1H3,(H2,15,18)(H,16,17). The van der Waals surface area contributed by atoms with Crippen molar-refractivity contribution in [2.24, 2.45) is 11.7 Å². The zero-order valence-electron chi connectivity index (χ0n) is 10.6. The summed E-state index contributed by atoms with van der Waals surface area (Å²) >= 11 is 0. The minimum Gasteiger partial charge on any atom is -0.396 e. The molecule has 0 spiro atoms. The van der Waals surface area contributed by atoms with Crippen molar-refractivity contribution < 1.29 is 4.79 Å². The Balaban J connectivity index is 1.93. The normalized spacial score (nSPS) is 23.6. The molecule has 1 saturated carbocycles. The molecule has 0 radical (unpaired) electrons. The average molecular weight is 248 g/mol. The van der Waals surface area contributed by atoms with Gasteiger partial charge in [-0.05, 0) is 44.2 Å². The summed E-state index contributed by atoms with van der Waals surface area (Å²) in [5.74, 6) is 0.593. The number of carbonyl (C=O) groups excluding carboxylic acids is 1. The van der Waals surface area contributed by atoms with Gasteiger partial charge in [0.1, 0.15) is 5.82 Å². The highest BCUT2D eigenvalue weighted by molar-refractivity contribution is 5.76. The zero-order chi connectivity index (χ0) is 13.1. The molecule has 1 aromatic rings. The molecule has 0 unspecified atom stereocenters. The van der Waals surface area contributed by atoms with E-state index in [2.05, 4.69) is 10.3 Å². The van der Waals surface area contributed by atoms with E-state index >= 15 is 0 Å². The molecule has 0 bridgehead atoms. The van der Waals surface area contributed by atoms with E-state index in [-0.39, 0.29) is 11.8 Å². The molecule has 0 aromatic carbocycles. The van der Waals surface area contributed by atoms with Gasteiger partial charge in [0.25, 0.3) is 0 Å². The van der Waals surface area contributed by atoms with E-state index in [1.165, 1.54) is 0 Å².